The quantitative estimate of drug-likeness (QED) is 0.412. The maximum absolute atomic E-state index is 14.4. The van der Waals surface area contributed by atoms with E-state index in [1.165, 1.54) is 0 Å². The Kier molecular flexibility index (Phi) is 8.43. The molecule has 6 atom stereocenters. The summed E-state index contributed by atoms with van der Waals surface area (Å²) in [5.74, 6) is -1.49. The van der Waals surface area contributed by atoms with Crippen molar-refractivity contribution in [2.45, 2.75) is 68.2 Å². The predicted molar refractivity (Wildman–Crippen MR) is 151 cm³/mol. The van der Waals surface area contributed by atoms with Crippen LogP contribution in [0.2, 0.25) is 0 Å². The Morgan fingerprint density at radius 3 is 2.42 bits per heavy atom. The number of benzene rings is 1. The van der Waals surface area contributed by atoms with E-state index in [9.17, 15) is 19.5 Å². The minimum Gasteiger partial charge on any atom is -0.394 e. The van der Waals surface area contributed by atoms with Gasteiger partial charge in [0.1, 0.15) is 6.04 Å². The highest BCUT2D eigenvalue weighted by Gasteiger charge is 2.77. The molecule has 4 rings (SSSR count). The van der Waals surface area contributed by atoms with Crippen LogP contribution in [0, 0.1) is 11.8 Å². The van der Waals surface area contributed by atoms with Crippen LogP contribution in [-0.4, -0.2) is 85.3 Å². The summed E-state index contributed by atoms with van der Waals surface area (Å²) in [6.45, 7) is 15.1. The van der Waals surface area contributed by atoms with Crippen LogP contribution in [0.3, 0.4) is 0 Å². The van der Waals surface area contributed by atoms with Crippen LogP contribution in [0.5, 0.6) is 0 Å². The lowest BCUT2D eigenvalue weighted by molar-refractivity contribution is -0.147. The molecule has 38 heavy (non-hydrogen) atoms. The van der Waals surface area contributed by atoms with Crippen molar-refractivity contribution in [2.75, 3.05) is 26.2 Å². The summed E-state index contributed by atoms with van der Waals surface area (Å²) in [5.41, 5.74) is 0.992. The number of thioether (sulfide) groups is 1. The number of likely N-dealkylation sites (tertiary alicyclic amines) is 1. The van der Waals surface area contributed by atoms with E-state index in [1.54, 1.807) is 45.5 Å². The second-order valence-electron chi connectivity index (χ2n) is 11.1. The van der Waals surface area contributed by atoms with Gasteiger partial charge >= 0.3 is 0 Å². The van der Waals surface area contributed by atoms with Gasteiger partial charge in [0.2, 0.25) is 17.7 Å². The highest BCUT2D eigenvalue weighted by Crippen LogP contribution is 2.71. The van der Waals surface area contributed by atoms with E-state index in [1.807, 2.05) is 37.3 Å². The van der Waals surface area contributed by atoms with Crippen molar-refractivity contribution in [1.29, 1.82) is 0 Å². The summed E-state index contributed by atoms with van der Waals surface area (Å²) in [6.07, 6.45) is 5.69. The number of nitrogens with zero attached hydrogens (tertiary/aromatic N) is 3. The molecule has 2 bridgehead atoms. The van der Waals surface area contributed by atoms with Crippen LogP contribution in [0.25, 0.3) is 0 Å². The second-order valence-corrected chi connectivity index (χ2v) is 13.0. The molecule has 1 aromatic carbocycles. The molecule has 3 heterocycles. The average Bonchev–Trinajstić information content (AvgIpc) is 3.48. The molecule has 3 amide bonds. The molecule has 3 saturated heterocycles. The van der Waals surface area contributed by atoms with Gasteiger partial charge in [-0.25, -0.2) is 0 Å². The fraction of sp³-hybridized carbons (Fsp3) is 0.567. The van der Waals surface area contributed by atoms with E-state index in [2.05, 4.69) is 20.1 Å². The molecule has 1 N–H and O–H groups in total. The first-order valence-corrected chi connectivity index (χ1v) is 14.5. The first-order valence-electron chi connectivity index (χ1n) is 13.7. The van der Waals surface area contributed by atoms with Crippen LogP contribution < -0.4 is 0 Å². The summed E-state index contributed by atoms with van der Waals surface area (Å²) in [6, 6.07) is 8.48. The van der Waals surface area contributed by atoms with Crippen LogP contribution in [0.1, 0.15) is 45.6 Å². The largest absolute Gasteiger partial charge is 0.394 e. The molecule has 8 heteroatoms. The summed E-state index contributed by atoms with van der Waals surface area (Å²) in [4.78, 5) is 47.9. The highest BCUT2D eigenvalue weighted by atomic mass is 32.2. The third-order valence-electron chi connectivity index (χ3n) is 8.49. The minimum atomic E-state index is -0.755. The molecule has 0 saturated carbocycles. The zero-order chi connectivity index (χ0) is 27.7. The van der Waals surface area contributed by atoms with Gasteiger partial charge in [0.05, 0.1) is 29.2 Å². The number of carbonyl (C=O) groups excluding carboxylic acids is 3. The topological polar surface area (TPSA) is 81.2 Å². The van der Waals surface area contributed by atoms with E-state index in [-0.39, 0.29) is 24.3 Å². The van der Waals surface area contributed by atoms with Gasteiger partial charge in [-0.2, -0.15) is 0 Å². The number of amides is 3. The van der Waals surface area contributed by atoms with E-state index < -0.39 is 33.4 Å². The van der Waals surface area contributed by atoms with Crippen LogP contribution in [0.4, 0.5) is 0 Å². The van der Waals surface area contributed by atoms with E-state index in [0.717, 1.165) is 18.4 Å². The number of hydrogen-bond donors (Lipinski definition) is 1. The number of fused-ring (bicyclic) bond motifs is 1. The Balaban J connectivity index is 1.77. The van der Waals surface area contributed by atoms with Crippen LogP contribution >= 0.6 is 11.8 Å². The van der Waals surface area contributed by atoms with Crippen molar-refractivity contribution in [3.63, 3.8) is 0 Å². The SMILES string of the molecule is C=CCN(Cc1ccccc1)C(=O)C1N([C@H](C)CO)C(=O)[C@@H]2[C@@H](C(=O)N(CC=C)CCC)[C@@]3(C)CCC12S3. The normalized spacial score (nSPS) is 30.2. The molecule has 3 fully saturated rings. The van der Waals surface area contributed by atoms with Crippen molar-refractivity contribution in [3.05, 3.63) is 61.2 Å². The Morgan fingerprint density at radius 1 is 1.16 bits per heavy atom. The first-order chi connectivity index (χ1) is 18.2. The Hall–Kier alpha value is -2.58. The molecule has 0 aliphatic carbocycles. The summed E-state index contributed by atoms with van der Waals surface area (Å²) >= 11 is 1.66. The fourth-order valence-electron chi connectivity index (χ4n) is 6.86. The van der Waals surface area contributed by atoms with Crippen molar-refractivity contribution < 1.29 is 19.5 Å². The number of hydrogen-bond acceptors (Lipinski definition) is 5. The molecule has 206 valence electrons. The van der Waals surface area contributed by atoms with Crippen molar-refractivity contribution >= 4 is 29.5 Å². The monoisotopic (exact) mass is 539 g/mol. The lowest BCUT2D eigenvalue weighted by Crippen LogP contribution is -2.56. The molecule has 0 aromatic heterocycles. The zero-order valence-corrected chi connectivity index (χ0v) is 23.7. The number of carbonyl (C=O) groups is 3. The van der Waals surface area contributed by atoms with Crippen molar-refractivity contribution in [1.82, 2.24) is 14.7 Å². The van der Waals surface area contributed by atoms with Gasteiger partial charge in [0.25, 0.3) is 0 Å². The molecule has 3 aliphatic rings. The smallest absolute Gasteiger partial charge is 0.247 e. The minimum absolute atomic E-state index is 0.0291. The second kappa shape index (κ2) is 11.3. The standard InChI is InChI=1S/C30H41N3O4S/c1-6-16-31(17-7-2)26(35)23-24-27(36)33(21(4)20-34)25(30(24)15-14-29(23,5)38-30)28(37)32(18-8-3)19-22-12-10-9-11-13-22/h6,8-13,21,23-25,34H,1,3,7,14-20H2,2,4-5H3/t21-,23+,24+,25?,29-,30?/m1/s1. The van der Waals surface area contributed by atoms with Gasteiger partial charge < -0.3 is 19.8 Å². The van der Waals surface area contributed by atoms with Gasteiger partial charge in [-0.3, -0.25) is 14.4 Å². The Bertz CT molecular complexity index is 1080. The van der Waals surface area contributed by atoms with E-state index >= 15 is 0 Å². The predicted octanol–water partition coefficient (Wildman–Crippen LogP) is 3.49. The molecular weight excluding hydrogens is 498 g/mol. The highest BCUT2D eigenvalue weighted by molar-refractivity contribution is 8.02. The third-order valence-corrected chi connectivity index (χ3v) is 10.5. The Morgan fingerprint density at radius 2 is 1.82 bits per heavy atom. The Labute approximate surface area is 230 Å². The molecule has 2 unspecified atom stereocenters. The number of rotatable bonds is 12. The van der Waals surface area contributed by atoms with Crippen LogP contribution in [-0.2, 0) is 20.9 Å². The van der Waals surface area contributed by atoms with Gasteiger partial charge in [-0.05, 0) is 38.7 Å². The molecule has 3 aliphatic heterocycles. The van der Waals surface area contributed by atoms with Crippen molar-refractivity contribution in [2.24, 2.45) is 11.8 Å². The van der Waals surface area contributed by atoms with Gasteiger partial charge in [-0.15, -0.1) is 24.9 Å². The summed E-state index contributed by atoms with van der Waals surface area (Å²) in [5, 5.41) is 10.1. The van der Waals surface area contributed by atoms with Crippen molar-refractivity contribution in [3.8, 4) is 0 Å². The van der Waals surface area contributed by atoms with Crippen LogP contribution in [0.15, 0.2) is 55.6 Å². The van der Waals surface area contributed by atoms with Gasteiger partial charge in [0, 0.05) is 30.9 Å². The third kappa shape index (κ3) is 4.60. The molecule has 7 nitrogen and oxygen atoms in total. The lowest BCUT2D eigenvalue weighted by atomic mass is 9.66. The molecule has 0 radical (unpaired) electrons. The van der Waals surface area contributed by atoms with Gasteiger partial charge in [-0.1, -0.05) is 49.4 Å². The zero-order valence-electron chi connectivity index (χ0n) is 22.8. The summed E-state index contributed by atoms with van der Waals surface area (Å²) in [7, 11) is 0. The average molecular weight is 540 g/mol. The molecular formula is C30H41N3O4S. The van der Waals surface area contributed by atoms with E-state index in [4.69, 9.17) is 0 Å². The fourth-order valence-corrected chi connectivity index (χ4v) is 9.19. The molecule has 1 spiro atoms. The molecule has 1 aromatic rings. The lowest BCUT2D eigenvalue weighted by Gasteiger charge is -2.39. The summed E-state index contributed by atoms with van der Waals surface area (Å²) < 4.78 is -1.14. The maximum atomic E-state index is 14.4. The maximum Gasteiger partial charge on any atom is 0.247 e. The number of aliphatic hydroxyl groups is 1. The number of aliphatic hydroxyl groups excluding tert-OH is 1. The first kappa shape index (κ1) is 28.4. The van der Waals surface area contributed by atoms with E-state index in [0.29, 0.717) is 32.6 Å². The van der Waals surface area contributed by atoms with Gasteiger partial charge in [0.15, 0.2) is 0 Å².